The van der Waals surface area contributed by atoms with Crippen molar-refractivity contribution in [2.45, 2.75) is 39.4 Å². The van der Waals surface area contributed by atoms with Crippen LogP contribution in [-0.4, -0.2) is 17.9 Å². The molecule has 0 aliphatic carbocycles. The fourth-order valence-electron chi connectivity index (χ4n) is 2.15. The van der Waals surface area contributed by atoms with E-state index in [1.54, 1.807) is 0 Å². The van der Waals surface area contributed by atoms with E-state index in [-0.39, 0.29) is 29.9 Å². The lowest BCUT2D eigenvalue weighted by molar-refractivity contribution is -0.124. The van der Waals surface area contributed by atoms with Crippen molar-refractivity contribution in [1.82, 2.24) is 10.6 Å². The van der Waals surface area contributed by atoms with Crippen LogP contribution in [-0.2, 0) is 9.59 Å². The van der Waals surface area contributed by atoms with Gasteiger partial charge in [0.05, 0.1) is 0 Å². The Bertz CT molecular complexity index is 514. The van der Waals surface area contributed by atoms with Crippen molar-refractivity contribution in [3.63, 3.8) is 0 Å². The molecule has 2 atom stereocenters. The zero-order valence-corrected chi connectivity index (χ0v) is 12.1. The molecule has 1 saturated heterocycles. The van der Waals surface area contributed by atoms with Crippen LogP contribution in [0.2, 0.25) is 0 Å². The van der Waals surface area contributed by atoms with Crippen LogP contribution in [0, 0.1) is 5.92 Å². The van der Waals surface area contributed by atoms with Gasteiger partial charge in [0.25, 0.3) is 0 Å². The summed E-state index contributed by atoms with van der Waals surface area (Å²) >= 11 is 0. The fourth-order valence-corrected chi connectivity index (χ4v) is 2.15. The first-order chi connectivity index (χ1) is 9.45. The van der Waals surface area contributed by atoms with Crippen LogP contribution in [0.3, 0.4) is 0 Å². The number of anilines is 1. The zero-order chi connectivity index (χ0) is 14.7. The maximum atomic E-state index is 11.7. The molecule has 1 aromatic carbocycles. The van der Waals surface area contributed by atoms with Crippen LogP contribution < -0.4 is 16.0 Å². The molecule has 2 rings (SSSR count). The minimum atomic E-state index is -0.206. The third-order valence-electron chi connectivity index (χ3n) is 3.26. The molecule has 1 aliphatic rings. The third-order valence-corrected chi connectivity index (χ3v) is 3.26. The minimum absolute atomic E-state index is 0.0174. The highest BCUT2D eigenvalue weighted by Crippen LogP contribution is 2.19. The van der Waals surface area contributed by atoms with E-state index in [0.717, 1.165) is 11.3 Å². The van der Waals surface area contributed by atoms with Crippen LogP contribution in [0.5, 0.6) is 0 Å². The summed E-state index contributed by atoms with van der Waals surface area (Å²) in [5, 5.41) is 9.09. The minimum Gasteiger partial charge on any atom is -0.337 e. The van der Waals surface area contributed by atoms with Crippen LogP contribution >= 0.6 is 0 Å². The molecular formula is C15H21N3O2. The molecule has 0 spiro atoms. The van der Waals surface area contributed by atoms with Gasteiger partial charge >= 0.3 is 0 Å². The summed E-state index contributed by atoms with van der Waals surface area (Å²) in [6, 6.07) is 7.68. The second-order valence-corrected chi connectivity index (χ2v) is 5.54. The Morgan fingerprint density at radius 3 is 2.80 bits per heavy atom. The molecule has 0 bridgehead atoms. The summed E-state index contributed by atoms with van der Waals surface area (Å²) in [6.07, 6.45) is 0.280. The molecule has 5 nitrogen and oxygen atoms in total. The van der Waals surface area contributed by atoms with Gasteiger partial charge in [0.15, 0.2) is 0 Å². The lowest BCUT2D eigenvalue weighted by atomic mass is 10.1. The van der Waals surface area contributed by atoms with Gasteiger partial charge in [0, 0.05) is 24.1 Å². The fraction of sp³-hybridized carbons (Fsp3) is 0.467. The van der Waals surface area contributed by atoms with E-state index in [9.17, 15) is 9.59 Å². The second-order valence-electron chi connectivity index (χ2n) is 5.54. The Kier molecular flexibility index (Phi) is 4.39. The molecule has 1 aromatic rings. The summed E-state index contributed by atoms with van der Waals surface area (Å²) in [5.41, 5.74) is 1.68. The van der Waals surface area contributed by atoms with Gasteiger partial charge < -0.3 is 10.6 Å². The molecule has 5 heteroatoms. The molecule has 3 N–H and O–H groups in total. The molecule has 0 aromatic heterocycles. The maximum Gasteiger partial charge on any atom is 0.226 e. The summed E-state index contributed by atoms with van der Waals surface area (Å²) in [7, 11) is 0. The number of carbonyl (C=O) groups is 2. The molecule has 20 heavy (non-hydrogen) atoms. The van der Waals surface area contributed by atoms with Crippen molar-refractivity contribution in [2.75, 3.05) is 5.32 Å². The van der Waals surface area contributed by atoms with Crippen molar-refractivity contribution in [3.05, 3.63) is 29.8 Å². The lowest BCUT2D eigenvalue weighted by Crippen LogP contribution is -2.49. The zero-order valence-electron chi connectivity index (χ0n) is 12.1. The Morgan fingerprint density at radius 1 is 1.40 bits per heavy atom. The molecule has 0 radical (unpaired) electrons. The molecular weight excluding hydrogens is 254 g/mol. The molecule has 0 saturated carbocycles. The number of benzene rings is 1. The van der Waals surface area contributed by atoms with Crippen LogP contribution in [0.25, 0.3) is 0 Å². The van der Waals surface area contributed by atoms with E-state index >= 15 is 0 Å². The van der Waals surface area contributed by atoms with Gasteiger partial charge in [-0.15, -0.1) is 0 Å². The van der Waals surface area contributed by atoms with Gasteiger partial charge in [-0.25, -0.2) is 0 Å². The Morgan fingerprint density at radius 2 is 2.15 bits per heavy atom. The van der Waals surface area contributed by atoms with Gasteiger partial charge in [-0.3, -0.25) is 14.9 Å². The summed E-state index contributed by atoms with van der Waals surface area (Å²) in [5.74, 6) is -0.0415. The number of rotatable bonds is 3. The summed E-state index contributed by atoms with van der Waals surface area (Å²) in [6.45, 7) is 5.68. The first kappa shape index (κ1) is 14.5. The third kappa shape index (κ3) is 3.57. The average Bonchev–Trinajstić information content (AvgIpc) is 2.37. The topological polar surface area (TPSA) is 70.2 Å². The van der Waals surface area contributed by atoms with E-state index in [4.69, 9.17) is 0 Å². The van der Waals surface area contributed by atoms with Crippen molar-refractivity contribution in [3.8, 4) is 0 Å². The molecule has 108 valence electrons. The molecule has 1 fully saturated rings. The van der Waals surface area contributed by atoms with E-state index in [1.807, 2.05) is 45.0 Å². The van der Waals surface area contributed by atoms with Crippen molar-refractivity contribution in [2.24, 2.45) is 5.92 Å². The van der Waals surface area contributed by atoms with Crippen molar-refractivity contribution in [1.29, 1.82) is 0 Å². The predicted octanol–water partition coefficient (Wildman–Crippen LogP) is 1.78. The van der Waals surface area contributed by atoms with Crippen LogP contribution in [0.15, 0.2) is 24.3 Å². The summed E-state index contributed by atoms with van der Waals surface area (Å²) in [4.78, 5) is 23.3. The van der Waals surface area contributed by atoms with E-state index < -0.39 is 0 Å². The predicted molar refractivity (Wildman–Crippen MR) is 78.0 cm³/mol. The average molecular weight is 275 g/mol. The standard InChI is InChI=1S/C15H21N3O2/c1-9(2)15(20)17-12-6-4-5-11(8-12)14-16-10(3)7-13(19)18-14/h4-6,8-10,14,16H,7H2,1-3H3,(H,17,20)(H,18,19). The first-order valence-corrected chi connectivity index (χ1v) is 6.92. The maximum absolute atomic E-state index is 11.7. The molecule has 1 heterocycles. The lowest BCUT2D eigenvalue weighted by Gasteiger charge is -2.30. The largest absolute Gasteiger partial charge is 0.337 e. The number of amides is 2. The second kappa shape index (κ2) is 6.05. The quantitative estimate of drug-likeness (QED) is 0.787. The van der Waals surface area contributed by atoms with Crippen LogP contribution in [0.4, 0.5) is 5.69 Å². The normalized spacial score (nSPS) is 22.5. The molecule has 2 amide bonds. The first-order valence-electron chi connectivity index (χ1n) is 6.92. The highest BCUT2D eigenvalue weighted by Gasteiger charge is 2.24. The van der Waals surface area contributed by atoms with Gasteiger partial charge in [-0.2, -0.15) is 0 Å². The smallest absolute Gasteiger partial charge is 0.226 e. The van der Waals surface area contributed by atoms with Gasteiger partial charge in [0.2, 0.25) is 11.8 Å². The highest BCUT2D eigenvalue weighted by molar-refractivity contribution is 5.92. The Hall–Kier alpha value is -1.88. The van der Waals surface area contributed by atoms with E-state index in [1.165, 1.54) is 0 Å². The van der Waals surface area contributed by atoms with E-state index in [2.05, 4.69) is 16.0 Å². The number of carbonyl (C=O) groups excluding carboxylic acids is 2. The monoisotopic (exact) mass is 275 g/mol. The Labute approximate surface area is 119 Å². The van der Waals surface area contributed by atoms with E-state index in [0.29, 0.717) is 6.42 Å². The summed E-state index contributed by atoms with van der Waals surface area (Å²) < 4.78 is 0. The molecule has 2 unspecified atom stereocenters. The Balaban J connectivity index is 2.13. The van der Waals surface area contributed by atoms with Crippen LogP contribution in [0.1, 0.15) is 38.9 Å². The van der Waals surface area contributed by atoms with Crippen molar-refractivity contribution >= 4 is 17.5 Å². The molecule has 1 aliphatic heterocycles. The number of hydrogen-bond donors (Lipinski definition) is 3. The number of hydrogen-bond acceptors (Lipinski definition) is 3. The van der Waals surface area contributed by atoms with Crippen molar-refractivity contribution < 1.29 is 9.59 Å². The highest BCUT2D eigenvalue weighted by atomic mass is 16.2. The van der Waals surface area contributed by atoms with Gasteiger partial charge in [0.1, 0.15) is 6.17 Å². The van der Waals surface area contributed by atoms with Gasteiger partial charge in [-0.1, -0.05) is 26.0 Å². The SMILES string of the molecule is CC1CC(=O)NC(c2cccc(NC(=O)C(C)C)c2)N1. The number of nitrogens with one attached hydrogen (secondary N) is 3. The van der Waals surface area contributed by atoms with Gasteiger partial charge in [-0.05, 0) is 24.6 Å².